The van der Waals surface area contributed by atoms with E-state index < -0.39 is 0 Å². The normalized spacial score (nSPS) is 12.2. The lowest BCUT2D eigenvalue weighted by Gasteiger charge is -2.09. The molecule has 0 fully saturated rings. The van der Waals surface area contributed by atoms with Crippen LogP contribution in [0.1, 0.15) is 5.56 Å². The lowest BCUT2D eigenvalue weighted by Crippen LogP contribution is -2.32. The quantitative estimate of drug-likeness (QED) is 0.809. The van der Waals surface area contributed by atoms with Crippen LogP contribution in [0.5, 0.6) is 0 Å². The van der Waals surface area contributed by atoms with Crippen molar-refractivity contribution in [3.63, 3.8) is 0 Å². The van der Waals surface area contributed by atoms with Crippen molar-refractivity contribution in [2.24, 2.45) is 0 Å². The van der Waals surface area contributed by atoms with Gasteiger partial charge in [-0.2, -0.15) is 0 Å². The molecule has 0 aliphatic heterocycles. The molecule has 1 rings (SSSR count). The van der Waals surface area contributed by atoms with Crippen LogP contribution in [0.3, 0.4) is 0 Å². The fourth-order valence-electron chi connectivity index (χ4n) is 1.36. The van der Waals surface area contributed by atoms with E-state index in [2.05, 4.69) is 5.32 Å². The minimum Gasteiger partial charge on any atom is -0.383 e. The van der Waals surface area contributed by atoms with Crippen LogP contribution in [0.2, 0.25) is 5.02 Å². The van der Waals surface area contributed by atoms with E-state index in [1.807, 2.05) is 12.1 Å². The van der Waals surface area contributed by atoms with Crippen LogP contribution in [-0.2, 0) is 16.0 Å². The first-order valence-corrected chi connectivity index (χ1v) is 6.07. The minimum absolute atomic E-state index is 0.0750. The number of rotatable bonds is 6. The van der Waals surface area contributed by atoms with E-state index in [9.17, 15) is 4.79 Å². The van der Waals surface area contributed by atoms with E-state index in [1.165, 1.54) is 0 Å². The Hall–Kier alpha value is -0.770. The molecule has 0 aromatic heterocycles. The molecule has 5 heteroatoms. The van der Waals surface area contributed by atoms with E-state index in [1.54, 1.807) is 19.2 Å². The number of alkyl halides is 1. The monoisotopic (exact) mass is 275 g/mol. The maximum Gasteiger partial charge on any atom is 0.224 e. The smallest absolute Gasteiger partial charge is 0.224 e. The molecule has 1 N–H and O–H groups in total. The third-order valence-corrected chi connectivity index (χ3v) is 2.64. The maximum absolute atomic E-state index is 11.6. The molecule has 1 atom stereocenters. The standard InChI is InChI=1S/C12H15Cl2NO2/c1-17-8-11(14)7-15-12(16)6-9-3-2-4-10(13)5-9/h2-5,11H,6-8H2,1H3,(H,15,16). The third kappa shape index (κ3) is 5.91. The van der Waals surface area contributed by atoms with Gasteiger partial charge in [-0.25, -0.2) is 0 Å². The summed E-state index contributed by atoms with van der Waals surface area (Å²) >= 11 is 11.7. The average molecular weight is 276 g/mol. The van der Waals surface area contributed by atoms with Gasteiger partial charge in [-0.05, 0) is 17.7 Å². The van der Waals surface area contributed by atoms with E-state index in [-0.39, 0.29) is 11.3 Å². The first-order valence-electron chi connectivity index (χ1n) is 5.26. The van der Waals surface area contributed by atoms with Crippen LogP contribution in [0.15, 0.2) is 24.3 Å². The zero-order valence-electron chi connectivity index (χ0n) is 9.58. The number of carbonyl (C=O) groups is 1. The van der Waals surface area contributed by atoms with Crippen LogP contribution < -0.4 is 5.32 Å². The van der Waals surface area contributed by atoms with Crippen LogP contribution in [0.4, 0.5) is 0 Å². The lowest BCUT2D eigenvalue weighted by molar-refractivity contribution is -0.120. The number of amides is 1. The van der Waals surface area contributed by atoms with Gasteiger partial charge in [0.15, 0.2) is 0 Å². The Bertz CT molecular complexity index is 371. The number of hydrogen-bond donors (Lipinski definition) is 1. The molecular formula is C12H15Cl2NO2. The largest absolute Gasteiger partial charge is 0.383 e. The second-order valence-electron chi connectivity index (χ2n) is 3.66. The maximum atomic E-state index is 11.6. The van der Waals surface area contributed by atoms with Crippen molar-refractivity contribution in [2.45, 2.75) is 11.8 Å². The Morgan fingerprint density at radius 3 is 2.94 bits per heavy atom. The second-order valence-corrected chi connectivity index (χ2v) is 4.72. The SMILES string of the molecule is COCC(Cl)CNC(=O)Cc1cccc(Cl)c1. The number of methoxy groups -OCH3 is 1. The van der Waals surface area contributed by atoms with Crippen molar-refractivity contribution in [1.29, 1.82) is 0 Å². The highest BCUT2D eigenvalue weighted by molar-refractivity contribution is 6.30. The second kappa shape index (κ2) is 7.54. The number of benzene rings is 1. The van der Waals surface area contributed by atoms with Gasteiger partial charge in [0.2, 0.25) is 5.91 Å². The van der Waals surface area contributed by atoms with Gasteiger partial charge >= 0.3 is 0 Å². The molecule has 0 spiro atoms. The van der Waals surface area contributed by atoms with E-state index in [4.69, 9.17) is 27.9 Å². The first-order chi connectivity index (χ1) is 8.11. The number of ether oxygens (including phenoxy) is 1. The topological polar surface area (TPSA) is 38.3 Å². The fraction of sp³-hybridized carbons (Fsp3) is 0.417. The minimum atomic E-state index is -0.205. The van der Waals surface area contributed by atoms with Crippen LogP contribution in [-0.4, -0.2) is 31.5 Å². The molecule has 94 valence electrons. The fourth-order valence-corrected chi connectivity index (χ4v) is 1.78. The predicted molar refractivity (Wildman–Crippen MR) is 69.7 cm³/mol. The van der Waals surface area contributed by atoms with Crippen molar-refractivity contribution in [3.05, 3.63) is 34.9 Å². The van der Waals surface area contributed by atoms with Crippen LogP contribution >= 0.6 is 23.2 Å². The van der Waals surface area contributed by atoms with Gasteiger partial charge in [0.1, 0.15) is 0 Å². The van der Waals surface area contributed by atoms with Crippen molar-refractivity contribution in [2.75, 3.05) is 20.3 Å². The average Bonchev–Trinajstić information content (AvgIpc) is 2.27. The Balaban J connectivity index is 2.34. The molecule has 0 radical (unpaired) electrons. The van der Waals surface area contributed by atoms with Gasteiger partial charge in [-0.15, -0.1) is 11.6 Å². The number of carbonyl (C=O) groups excluding carboxylic acids is 1. The molecule has 0 bridgehead atoms. The molecule has 0 aliphatic rings. The molecule has 1 amide bonds. The van der Waals surface area contributed by atoms with Gasteiger partial charge in [0.25, 0.3) is 0 Å². The molecule has 0 aliphatic carbocycles. The van der Waals surface area contributed by atoms with Gasteiger partial charge < -0.3 is 10.1 Å². The van der Waals surface area contributed by atoms with Gasteiger partial charge in [-0.1, -0.05) is 23.7 Å². The highest BCUT2D eigenvalue weighted by Crippen LogP contribution is 2.10. The van der Waals surface area contributed by atoms with Crippen LogP contribution in [0.25, 0.3) is 0 Å². The van der Waals surface area contributed by atoms with Gasteiger partial charge in [0, 0.05) is 18.7 Å². The summed E-state index contributed by atoms with van der Waals surface area (Å²) in [5.41, 5.74) is 0.882. The summed E-state index contributed by atoms with van der Waals surface area (Å²) in [7, 11) is 1.57. The van der Waals surface area contributed by atoms with E-state index in [0.717, 1.165) is 5.56 Å². The number of hydrogen-bond acceptors (Lipinski definition) is 2. The van der Waals surface area contributed by atoms with Crippen molar-refractivity contribution < 1.29 is 9.53 Å². The summed E-state index contributed by atoms with van der Waals surface area (Å²) in [6.45, 7) is 0.813. The van der Waals surface area contributed by atoms with Gasteiger partial charge in [-0.3, -0.25) is 4.79 Å². The Labute approximate surface area is 111 Å². The predicted octanol–water partition coefficient (Wildman–Crippen LogP) is 2.25. The number of nitrogens with one attached hydrogen (secondary N) is 1. The zero-order chi connectivity index (χ0) is 12.7. The molecule has 0 heterocycles. The Morgan fingerprint density at radius 2 is 2.29 bits per heavy atom. The molecule has 17 heavy (non-hydrogen) atoms. The molecule has 1 unspecified atom stereocenters. The highest BCUT2D eigenvalue weighted by atomic mass is 35.5. The molecule has 1 aromatic carbocycles. The molecule has 3 nitrogen and oxygen atoms in total. The van der Waals surface area contributed by atoms with Crippen molar-refractivity contribution >= 4 is 29.1 Å². The summed E-state index contributed by atoms with van der Waals surface area (Å²) in [6, 6.07) is 7.23. The molecule has 0 saturated carbocycles. The Kier molecular flexibility index (Phi) is 6.34. The molecule has 1 aromatic rings. The summed E-state index contributed by atoms with van der Waals surface area (Å²) in [5.74, 6) is -0.0750. The third-order valence-electron chi connectivity index (χ3n) is 2.12. The summed E-state index contributed by atoms with van der Waals surface area (Å²) in [4.78, 5) is 11.6. The van der Waals surface area contributed by atoms with Crippen molar-refractivity contribution in [3.8, 4) is 0 Å². The van der Waals surface area contributed by atoms with Crippen molar-refractivity contribution in [1.82, 2.24) is 5.32 Å². The highest BCUT2D eigenvalue weighted by Gasteiger charge is 2.07. The van der Waals surface area contributed by atoms with Crippen LogP contribution in [0, 0.1) is 0 Å². The summed E-state index contributed by atoms with van der Waals surface area (Å²) in [5, 5.41) is 3.17. The molecule has 0 saturated heterocycles. The Morgan fingerprint density at radius 1 is 1.53 bits per heavy atom. The summed E-state index contributed by atoms with van der Waals surface area (Å²) in [6.07, 6.45) is 0.303. The summed E-state index contributed by atoms with van der Waals surface area (Å²) < 4.78 is 4.87. The number of halogens is 2. The first kappa shape index (κ1) is 14.3. The van der Waals surface area contributed by atoms with E-state index in [0.29, 0.717) is 24.6 Å². The lowest BCUT2D eigenvalue weighted by atomic mass is 10.1. The molecular weight excluding hydrogens is 261 g/mol. The zero-order valence-corrected chi connectivity index (χ0v) is 11.1. The van der Waals surface area contributed by atoms with Gasteiger partial charge in [0.05, 0.1) is 18.4 Å². The van der Waals surface area contributed by atoms with E-state index >= 15 is 0 Å².